The van der Waals surface area contributed by atoms with Crippen molar-refractivity contribution in [1.82, 2.24) is 5.32 Å². The van der Waals surface area contributed by atoms with E-state index in [2.05, 4.69) is 21.2 Å². The third-order valence-electron chi connectivity index (χ3n) is 6.31. The lowest BCUT2D eigenvalue weighted by molar-refractivity contribution is -0.116. The minimum atomic E-state index is -4.00. The molecule has 170 valence electrons. The molecule has 6 nitrogen and oxygen atoms in total. The highest BCUT2D eigenvalue weighted by Gasteiger charge is 2.40. The van der Waals surface area contributed by atoms with E-state index >= 15 is 0 Å². The van der Waals surface area contributed by atoms with Gasteiger partial charge in [0.1, 0.15) is 4.90 Å². The summed E-state index contributed by atoms with van der Waals surface area (Å²) >= 11 is 3.44. The van der Waals surface area contributed by atoms with Gasteiger partial charge in [-0.2, -0.15) is 8.42 Å². The summed E-state index contributed by atoms with van der Waals surface area (Å²) in [6, 6.07) is 13.0. The molecule has 0 radical (unpaired) electrons. The zero-order chi connectivity index (χ0) is 23.2. The van der Waals surface area contributed by atoms with Crippen molar-refractivity contribution in [3.8, 4) is 5.75 Å². The maximum absolute atomic E-state index is 12.9. The number of carbonyl (C=O) groups is 2. The Labute approximate surface area is 201 Å². The molecule has 1 aliphatic heterocycles. The number of allylic oxidation sites excluding steroid dienone is 4. The summed E-state index contributed by atoms with van der Waals surface area (Å²) in [7, 11) is -4.00. The smallest absolute Gasteiger partial charge is 0.339 e. The molecule has 5 rings (SSSR count). The van der Waals surface area contributed by atoms with Crippen molar-refractivity contribution in [2.24, 2.45) is 0 Å². The van der Waals surface area contributed by atoms with Crippen LogP contribution in [0.1, 0.15) is 50.0 Å². The van der Waals surface area contributed by atoms with Gasteiger partial charge in [-0.3, -0.25) is 9.59 Å². The fraction of sp³-hybridized carbons (Fsp3) is 0.280. The number of benzene rings is 2. The number of hydrogen-bond donors (Lipinski definition) is 1. The van der Waals surface area contributed by atoms with Gasteiger partial charge in [0.05, 0.1) is 4.47 Å². The monoisotopic (exact) mass is 527 g/mol. The molecule has 1 heterocycles. The van der Waals surface area contributed by atoms with Crippen LogP contribution in [-0.2, 0) is 19.7 Å². The molecule has 2 aromatic carbocycles. The van der Waals surface area contributed by atoms with Crippen LogP contribution < -0.4 is 9.50 Å². The molecular weight excluding hydrogens is 506 g/mol. The SMILES string of the molecule is O=C1CCCC2=C1C(c1ccc(OS(=O)(=O)c3ccccc3)c(Br)c1)C1=C(CCCC1=O)N2. The van der Waals surface area contributed by atoms with Crippen molar-refractivity contribution >= 4 is 37.6 Å². The highest BCUT2D eigenvalue weighted by atomic mass is 79.9. The zero-order valence-corrected chi connectivity index (χ0v) is 20.2. The maximum atomic E-state index is 12.9. The van der Waals surface area contributed by atoms with Gasteiger partial charge in [-0.05, 0) is 71.4 Å². The lowest BCUT2D eigenvalue weighted by Gasteiger charge is -2.37. The summed E-state index contributed by atoms with van der Waals surface area (Å²) in [5.41, 5.74) is 3.90. The van der Waals surface area contributed by atoms with Crippen molar-refractivity contribution in [1.29, 1.82) is 0 Å². The predicted molar refractivity (Wildman–Crippen MR) is 126 cm³/mol. The largest absolute Gasteiger partial charge is 0.378 e. The fourth-order valence-electron chi connectivity index (χ4n) is 4.83. The van der Waals surface area contributed by atoms with Gasteiger partial charge in [0.25, 0.3) is 0 Å². The van der Waals surface area contributed by atoms with Crippen LogP contribution in [0, 0.1) is 0 Å². The van der Waals surface area contributed by atoms with E-state index in [-0.39, 0.29) is 22.2 Å². The molecule has 1 N–H and O–H groups in total. The predicted octanol–water partition coefficient (Wildman–Crippen LogP) is 4.92. The Morgan fingerprint density at radius 2 is 1.45 bits per heavy atom. The van der Waals surface area contributed by atoms with Crippen molar-refractivity contribution < 1.29 is 22.2 Å². The van der Waals surface area contributed by atoms with Gasteiger partial charge in [0.15, 0.2) is 17.3 Å². The Kier molecular flexibility index (Phi) is 5.74. The number of nitrogens with one attached hydrogen (secondary N) is 1. The van der Waals surface area contributed by atoms with Gasteiger partial charge in [0, 0.05) is 41.3 Å². The van der Waals surface area contributed by atoms with Gasteiger partial charge in [-0.1, -0.05) is 24.3 Å². The number of carbonyl (C=O) groups excluding carboxylic acids is 2. The lowest BCUT2D eigenvalue weighted by Crippen LogP contribution is -2.36. The molecule has 0 atom stereocenters. The quantitative estimate of drug-likeness (QED) is 0.567. The number of dihydropyridines is 1. The number of hydrogen-bond acceptors (Lipinski definition) is 6. The standard InChI is InChI=1S/C25H22BrNO5S/c26-17-14-15(12-13-22(17)32-33(30,31)16-6-2-1-3-7-16)23-24-18(8-4-10-20(24)28)27-19-9-5-11-21(29)25(19)23/h1-3,6-7,12-14,23,27H,4-5,8-11H2. The molecule has 2 aromatic rings. The molecule has 0 unspecified atom stereocenters. The fourth-order valence-corrected chi connectivity index (χ4v) is 6.39. The van der Waals surface area contributed by atoms with Crippen molar-refractivity contribution in [2.75, 3.05) is 0 Å². The second kappa shape index (κ2) is 8.57. The summed E-state index contributed by atoms with van der Waals surface area (Å²) < 4.78 is 31.1. The van der Waals surface area contributed by atoms with Crippen LogP contribution in [0.5, 0.6) is 5.75 Å². The Bertz CT molecular complexity index is 1290. The summed E-state index contributed by atoms with van der Waals surface area (Å²) in [5, 5.41) is 3.40. The van der Waals surface area contributed by atoms with Gasteiger partial charge in [0.2, 0.25) is 0 Å². The van der Waals surface area contributed by atoms with Crippen LogP contribution in [0.3, 0.4) is 0 Å². The molecule has 8 heteroatoms. The van der Waals surface area contributed by atoms with Gasteiger partial charge >= 0.3 is 10.1 Å². The first-order valence-electron chi connectivity index (χ1n) is 10.9. The topological polar surface area (TPSA) is 89.5 Å². The van der Waals surface area contributed by atoms with E-state index in [0.717, 1.165) is 42.6 Å². The summed E-state index contributed by atoms with van der Waals surface area (Å²) in [5.74, 6) is -0.193. The number of halogens is 1. The number of ketones is 2. The van der Waals surface area contributed by atoms with Crippen molar-refractivity contribution in [2.45, 2.75) is 49.3 Å². The molecule has 3 aliphatic rings. The molecule has 0 amide bonds. The normalized spacial score (nSPS) is 19.2. The van der Waals surface area contributed by atoms with Gasteiger partial charge < -0.3 is 9.50 Å². The molecule has 33 heavy (non-hydrogen) atoms. The van der Waals surface area contributed by atoms with Crippen molar-refractivity contribution in [3.05, 3.63) is 81.1 Å². The Morgan fingerprint density at radius 3 is 2.03 bits per heavy atom. The molecule has 0 saturated carbocycles. The molecular formula is C25H22BrNO5S. The van der Waals surface area contributed by atoms with E-state index in [1.807, 2.05) is 0 Å². The van der Waals surface area contributed by atoms with E-state index in [1.54, 1.807) is 36.4 Å². The highest BCUT2D eigenvalue weighted by molar-refractivity contribution is 9.10. The molecule has 0 spiro atoms. The maximum Gasteiger partial charge on any atom is 0.339 e. The molecule has 0 fully saturated rings. The van der Waals surface area contributed by atoms with Crippen LogP contribution in [0.2, 0.25) is 0 Å². The summed E-state index contributed by atoms with van der Waals surface area (Å²) in [4.78, 5) is 25.9. The molecule has 2 aliphatic carbocycles. The van der Waals surface area contributed by atoms with E-state index in [9.17, 15) is 18.0 Å². The lowest BCUT2D eigenvalue weighted by atomic mass is 9.71. The third kappa shape index (κ3) is 4.06. The van der Waals surface area contributed by atoms with Gasteiger partial charge in [-0.25, -0.2) is 0 Å². The van der Waals surface area contributed by atoms with Crippen molar-refractivity contribution in [3.63, 3.8) is 0 Å². The Hall–Kier alpha value is -2.71. The number of rotatable bonds is 4. The molecule has 0 aromatic heterocycles. The average molecular weight is 528 g/mol. The second-order valence-electron chi connectivity index (χ2n) is 8.44. The Balaban J connectivity index is 1.55. The number of Topliss-reactive ketones (excluding diaryl/α,β-unsaturated/α-hetero) is 2. The van der Waals surface area contributed by atoms with E-state index < -0.39 is 16.0 Å². The average Bonchev–Trinajstić information content (AvgIpc) is 2.80. The van der Waals surface area contributed by atoms with Crippen LogP contribution in [0.4, 0.5) is 0 Å². The first-order valence-corrected chi connectivity index (χ1v) is 13.1. The molecule has 0 bridgehead atoms. The van der Waals surface area contributed by atoms with Crippen LogP contribution in [-0.4, -0.2) is 20.0 Å². The zero-order valence-electron chi connectivity index (χ0n) is 17.8. The Morgan fingerprint density at radius 1 is 0.848 bits per heavy atom. The van der Waals surface area contributed by atoms with Crippen LogP contribution in [0.15, 0.2) is 80.4 Å². The summed E-state index contributed by atoms with van der Waals surface area (Å²) in [6.45, 7) is 0. The van der Waals surface area contributed by atoms with Crippen LogP contribution >= 0.6 is 15.9 Å². The second-order valence-corrected chi connectivity index (χ2v) is 10.8. The summed E-state index contributed by atoms with van der Waals surface area (Å²) in [6.07, 6.45) is 4.07. The first-order chi connectivity index (χ1) is 15.8. The van der Waals surface area contributed by atoms with Gasteiger partial charge in [-0.15, -0.1) is 0 Å². The molecule has 0 saturated heterocycles. The third-order valence-corrected chi connectivity index (χ3v) is 8.18. The first kappa shape index (κ1) is 22.1. The van der Waals surface area contributed by atoms with E-state index in [1.165, 1.54) is 12.1 Å². The van der Waals surface area contributed by atoms with E-state index in [0.29, 0.717) is 28.5 Å². The van der Waals surface area contributed by atoms with E-state index in [4.69, 9.17) is 4.18 Å². The highest BCUT2D eigenvalue weighted by Crippen LogP contribution is 2.46. The minimum absolute atomic E-state index is 0.0572. The van der Waals surface area contributed by atoms with Crippen LogP contribution in [0.25, 0.3) is 0 Å². The minimum Gasteiger partial charge on any atom is -0.378 e.